The van der Waals surface area contributed by atoms with Crippen LogP contribution in [-0.4, -0.2) is 35.3 Å². The Kier molecular flexibility index (Phi) is 5.49. The molecule has 1 aliphatic heterocycles. The van der Waals surface area contributed by atoms with Crippen molar-refractivity contribution >= 4 is 45.7 Å². The number of thiazole rings is 1. The number of thiophene rings is 1. The van der Waals surface area contributed by atoms with Gasteiger partial charge in [-0.3, -0.25) is 9.59 Å². The van der Waals surface area contributed by atoms with Gasteiger partial charge in [-0.15, -0.1) is 22.7 Å². The van der Waals surface area contributed by atoms with Gasteiger partial charge in [-0.1, -0.05) is 18.2 Å². The maximum atomic E-state index is 12.8. The summed E-state index contributed by atoms with van der Waals surface area (Å²) in [5.41, 5.74) is 7.55. The highest BCUT2D eigenvalue weighted by molar-refractivity contribution is 7.20. The average Bonchev–Trinajstić information content (AvgIpc) is 3.41. The summed E-state index contributed by atoms with van der Waals surface area (Å²) in [5.74, 6) is -0.200. The first-order valence-corrected chi connectivity index (χ1v) is 11.2. The highest BCUT2D eigenvalue weighted by atomic mass is 32.1. The fourth-order valence-corrected chi connectivity index (χ4v) is 5.05. The molecule has 2 aromatic heterocycles. The lowest BCUT2D eigenvalue weighted by Crippen LogP contribution is -2.55. The van der Waals surface area contributed by atoms with Crippen LogP contribution >= 0.6 is 22.7 Å². The van der Waals surface area contributed by atoms with E-state index in [4.69, 9.17) is 5.73 Å². The molecule has 0 saturated carbocycles. The lowest BCUT2D eigenvalue weighted by molar-refractivity contribution is -0.122. The fraction of sp³-hybridized carbons (Fsp3) is 0.286. The highest BCUT2D eigenvalue weighted by Crippen LogP contribution is 2.32. The second-order valence-corrected chi connectivity index (χ2v) is 8.99. The predicted molar refractivity (Wildman–Crippen MR) is 119 cm³/mol. The highest BCUT2D eigenvalue weighted by Gasteiger charge is 2.35. The number of benzene rings is 1. The van der Waals surface area contributed by atoms with E-state index in [0.29, 0.717) is 31.6 Å². The minimum atomic E-state index is -0.743. The molecular weight excluding hydrogens is 404 g/mol. The van der Waals surface area contributed by atoms with Crippen LogP contribution in [0.2, 0.25) is 0 Å². The number of para-hydroxylation sites is 2. The summed E-state index contributed by atoms with van der Waals surface area (Å²) in [5, 5.41) is 7.62. The lowest BCUT2D eigenvalue weighted by atomic mass is 9.85. The van der Waals surface area contributed by atoms with Crippen molar-refractivity contribution in [2.45, 2.75) is 25.3 Å². The van der Waals surface area contributed by atoms with Crippen molar-refractivity contribution in [1.29, 1.82) is 0 Å². The Balaban J connectivity index is 1.49. The van der Waals surface area contributed by atoms with Gasteiger partial charge in [0, 0.05) is 18.5 Å². The molecule has 3 heterocycles. The van der Waals surface area contributed by atoms with Crippen molar-refractivity contribution < 1.29 is 9.59 Å². The van der Waals surface area contributed by atoms with Gasteiger partial charge in [0.1, 0.15) is 16.5 Å². The number of piperidine rings is 1. The van der Waals surface area contributed by atoms with Crippen molar-refractivity contribution in [3.8, 4) is 9.88 Å². The van der Waals surface area contributed by atoms with E-state index in [1.54, 1.807) is 23.6 Å². The zero-order valence-corrected chi connectivity index (χ0v) is 17.7. The maximum Gasteiger partial charge on any atom is 0.275 e. The van der Waals surface area contributed by atoms with Crippen LogP contribution in [0, 0.1) is 0 Å². The molecule has 0 aliphatic carbocycles. The van der Waals surface area contributed by atoms with E-state index in [9.17, 15) is 9.59 Å². The number of amides is 1. The van der Waals surface area contributed by atoms with Gasteiger partial charge in [-0.05, 0) is 43.3 Å². The first kappa shape index (κ1) is 19.8. The van der Waals surface area contributed by atoms with Crippen molar-refractivity contribution in [2.75, 3.05) is 23.3 Å². The molecule has 0 spiro atoms. The van der Waals surface area contributed by atoms with E-state index in [1.165, 1.54) is 11.3 Å². The standard InChI is InChI=1S/C21H22N4O2S2/c1-14(26)21(22)8-10-25(11-9-21)17-6-3-2-5-15(17)23-19(27)16-13-29-20(24-16)18-7-4-12-28-18/h2-7,12-13H,8-11,22H2,1H3,(H,23,27). The number of nitrogens with two attached hydrogens (primary N) is 1. The fourth-order valence-electron chi connectivity index (χ4n) is 3.43. The molecule has 6 nitrogen and oxygen atoms in total. The summed E-state index contributed by atoms with van der Waals surface area (Å²) in [6.45, 7) is 2.90. The number of nitrogens with zero attached hydrogens (tertiary/aromatic N) is 2. The number of ketones is 1. The van der Waals surface area contributed by atoms with Crippen molar-refractivity contribution in [3.05, 3.63) is 52.9 Å². The molecule has 0 unspecified atom stereocenters. The Morgan fingerprint density at radius 2 is 1.90 bits per heavy atom. The molecule has 1 saturated heterocycles. The minimum absolute atomic E-state index is 0.0313. The predicted octanol–water partition coefficient (Wildman–Crippen LogP) is 4.01. The Hall–Kier alpha value is -2.55. The topological polar surface area (TPSA) is 88.3 Å². The van der Waals surface area contributed by atoms with Crippen LogP contribution in [0.4, 0.5) is 11.4 Å². The normalized spacial score (nSPS) is 15.9. The largest absolute Gasteiger partial charge is 0.370 e. The maximum absolute atomic E-state index is 12.8. The molecule has 8 heteroatoms. The number of carbonyl (C=O) groups is 2. The quantitative estimate of drug-likeness (QED) is 0.644. The van der Waals surface area contributed by atoms with Crippen LogP contribution in [0.5, 0.6) is 0 Å². The molecule has 1 fully saturated rings. The van der Waals surface area contributed by atoms with Gasteiger partial charge in [0.05, 0.1) is 21.8 Å². The summed E-state index contributed by atoms with van der Waals surface area (Å²) in [6, 6.07) is 11.7. The lowest BCUT2D eigenvalue weighted by Gasteiger charge is -2.39. The molecule has 4 rings (SSSR count). The summed E-state index contributed by atoms with van der Waals surface area (Å²) in [7, 11) is 0. The van der Waals surface area contributed by atoms with Crippen LogP contribution in [0.1, 0.15) is 30.3 Å². The molecule has 0 atom stereocenters. The van der Waals surface area contributed by atoms with Gasteiger partial charge in [0.15, 0.2) is 0 Å². The monoisotopic (exact) mass is 426 g/mol. The van der Waals surface area contributed by atoms with Crippen LogP contribution in [-0.2, 0) is 4.79 Å². The molecule has 0 radical (unpaired) electrons. The molecule has 0 bridgehead atoms. The molecule has 150 valence electrons. The van der Waals surface area contributed by atoms with E-state index in [-0.39, 0.29) is 11.7 Å². The van der Waals surface area contributed by atoms with E-state index in [2.05, 4.69) is 15.2 Å². The van der Waals surface area contributed by atoms with Crippen molar-refractivity contribution in [3.63, 3.8) is 0 Å². The molecule has 3 aromatic rings. The van der Waals surface area contributed by atoms with Crippen LogP contribution in [0.3, 0.4) is 0 Å². The number of Topliss-reactive ketones (excluding diaryl/α,β-unsaturated/α-hetero) is 1. The van der Waals surface area contributed by atoms with E-state index in [1.807, 2.05) is 41.8 Å². The average molecular weight is 427 g/mol. The Morgan fingerprint density at radius 1 is 1.14 bits per heavy atom. The summed E-state index contributed by atoms with van der Waals surface area (Å²) >= 11 is 3.07. The minimum Gasteiger partial charge on any atom is -0.370 e. The van der Waals surface area contributed by atoms with Crippen LogP contribution in [0.15, 0.2) is 47.2 Å². The number of rotatable bonds is 5. The molecule has 1 aromatic carbocycles. The summed E-state index contributed by atoms with van der Waals surface area (Å²) in [6.07, 6.45) is 1.20. The van der Waals surface area contributed by atoms with E-state index < -0.39 is 5.54 Å². The number of hydrogen-bond donors (Lipinski definition) is 2. The van der Waals surface area contributed by atoms with Crippen molar-refractivity contribution in [1.82, 2.24) is 4.98 Å². The van der Waals surface area contributed by atoms with Crippen LogP contribution < -0.4 is 16.0 Å². The number of nitrogens with one attached hydrogen (secondary N) is 1. The van der Waals surface area contributed by atoms with Gasteiger partial charge in [-0.2, -0.15) is 0 Å². The molecule has 29 heavy (non-hydrogen) atoms. The number of anilines is 2. The third kappa shape index (κ3) is 4.10. The second kappa shape index (κ2) is 8.06. The third-order valence-electron chi connectivity index (χ3n) is 5.32. The SMILES string of the molecule is CC(=O)C1(N)CCN(c2ccccc2NC(=O)c2csc(-c3cccs3)n2)CC1. The van der Waals surface area contributed by atoms with E-state index >= 15 is 0 Å². The molecule has 1 amide bonds. The Morgan fingerprint density at radius 3 is 2.59 bits per heavy atom. The molecular formula is C21H22N4O2S2. The number of aromatic nitrogens is 1. The van der Waals surface area contributed by atoms with Gasteiger partial charge >= 0.3 is 0 Å². The zero-order valence-electron chi connectivity index (χ0n) is 16.1. The zero-order chi connectivity index (χ0) is 20.4. The smallest absolute Gasteiger partial charge is 0.275 e. The molecule has 1 aliphatic rings. The Bertz CT molecular complexity index is 1020. The van der Waals surface area contributed by atoms with Gasteiger partial charge in [0.25, 0.3) is 5.91 Å². The van der Waals surface area contributed by atoms with Crippen molar-refractivity contribution in [2.24, 2.45) is 5.73 Å². The molecule has 3 N–H and O–H groups in total. The van der Waals surface area contributed by atoms with Gasteiger partial charge in [0.2, 0.25) is 0 Å². The Labute approximate surface area is 177 Å². The third-order valence-corrected chi connectivity index (χ3v) is 7.20. The first-order chi connectivity index (χ1) is 14.0. The van der Waals surface area contributed by atoms with Gasteiger partial charge in [-0.25, -0.2) is 4.98 Å². The van der Waals surface area contributed by atoms with E-state index in [0.717, 1.165) is 21.3 Å². The second-order valence-electron chi connectivity index (χ2n) is 7.19. The number of carbonyl (C=O) groups excluding carboxylic acids is 2. The number of hydrogen-bond acceptors (Lipinski definition) is 7. The van der Waals surface area contributed by atoms with Crippen LogP contribution in [0.25, 0.3) is 9.88 Å². The summed E-state index contributed by atoms with van der Waals surface area (Å²) in [4.78, 5) is 32.3. The summed E-state index contributed by atoms with van der Waals surface area (Å²) < 4.78 is 0. The first-order valence-electron chi connectivity index (χ1n) is 9.41. The van der Waals surface area contributed by atoms with Gasteiger partial charge < -0.3 is 16.0 Å².